The number of likely N-dealkylation sites (tertiary alicyclic amines) is 2. The summed E-state index contributed by atoms with van der Waals surface area (Å²) in [5, 5.41) is 0. The fourth-order valence-corrected chi connectivity index (χ4v) is 3.00. The van der Waals surface area contributed by atoms with Crippen LogP contribution in [-0.2, 0) is 9.59 Å². The first-order valence-electron chi connectivity index (χ1n) is 7.40. The Balaban J connectivity index is 1.91. The molecule has 2 fully saturated rings. The number of carbonyl (C=O) groups is 2. The van der Waals surface area contributed by atoms with Crippen LogP contribution in [0.2, 0.25) is 0 Å². The highest BCUT2D eigenvalue weighted by atomic mass is 16.2. The number of hydrogen-bond donors (Lipinski definition) is 0. The summed E-state index contributed by atoms with van der Waals surface area (Å²) in [6.45, 7) is 6.51. The van der Waals surface area contributed by atoms with Crippen LogP contribution in [0, 0.1) is 5.92 Å². The van der Waals surface area contributed by atoms with Crippen molar-refractivity contribution in [1.29, 1.82) is 0 Å². The zero-order valence-corrected chi connectivity index (χ0v) is 11.6. The predicted octanol–water partition coefficient (Wildman–Crippen LogP) is 1.81. The molecule has 0 aromatic heterocycles. The molecule has 1 atom stereocenters. The van der Waals surface area contributed by atoms with E-state index in [-0.39, 0.29) is 17.7 Å². The molecular formula is C15H24N2O2. The molecule has 0 aromatic carbocycles. The quantitative estimate of drug-likeness (QED) is 0.729. The van der Waals surface area contributed by atoms with E-state index < -0.39 is 0 Å². The largest absolute Gasteiger partial charge is 0.342 e. The zero-order valence-electron chi connectivity index (χ0n) is 11.6. The van der Waals surface area contributed by atoms with Gasteiger partial charge in [0.2, 0.25) is 11.8 Å². The highest BCUT2D eigenvalue weighted by Gasteiger charge is 2.35. The van der Waals surface area contributed by atoms with Gasteiger partial charge < -0.3 is 9.80 Å². The van der Waals surface area contributed by atoms with Crippen molar-refractivity contribution in [3.05, 3.63) is 12.7 Å². The molecule has 2 saturated heterocycles. The van der Waals surface area contributed by atoms with E-state index in [9.17, 15) is 9.59 Å². The molecule has 0 spiro atoms. The number of hydrogen-bond acceptors (Lipinski definition) is 2. The minimum Gasteiger partial charge on any atom is -0.342 e. The lowest BCUT2D eigenvalue weighted by Gasteiger charge is -2.27. The van der Waals surface area contributed by atoms with Gasteiger partial charge in [-0.1, -0.05) is 25.3 Å². The lowest BCUT2D eigenvalue weighted by Crippen LogP contribution is -2.39. The minimum absolute atomic E-state index is 0.0882. The number of carbonyl (C=O) groups excluding carboxylic acids is 2. The standard InChI is InChI=1S/C15H24N2O2/c1-2-8-17-12-13(11-14(17)18)15(19)16-9-6-4-3-5-7-10-16/h2,13H,1,3-12H2/t13-/m0/s1. The summed E-state index contributed by atoms with van der Waals surface area (Å²) in [6.07, 6.45) is 8.03. The van der Waals surface area contributed by atoms with Crippen LogP contribution < -0.4 is 0 Å². The summed E-state index contributed by atoms with van der Waals surface area (Å²) in [4.78, 5) is 28.0. The molecule has 106 valence electrons. The van der Waals surface area contributed by atoms with Gasteiger partial charge in [-0.15, -0.1) is 6.58 Å². The van der Waals surface area contributed by atoms with Crippen LogP contribution in [0.25, 0.3) is 0 Å². The molecule has 0 unspecified atom stereocenters. The average Bonchev–Trinajstić information content (AvgIpc) is 2.70. The molecule has 0 bridgehead atoms. The van der Waals surface area contributed by atoms with Gasteiger partial charge in [0.1, 0.15) is 0 Å². The highest BCUT2D eigenvalue weighted by Crippen LogP contribution is 2.21. The third-order valence-electron chi connectivity index (χ3n) is 4.08. The Morgan fingerprint density at radius 2 is 1.84 bits per heavy atom. The lowest BCUT2D eigenvalue weighted by molar-refractivity contribution is -0.136. The molecule has 2 amide bonds. The van der Waals surface area contributed by atoms with Gasteiger partial charge in [-0.25, -0.2) is 0 Å². The third-order valence-corrected chi connectivity index (χ3v) is 4.08. The molecule has 2 rings (SSSR count). The molecule has 0 N–H and O–H groups in total. The maximum absolute atomic E-state index is 12.5. The Labute approximate surface area is 115 Å². The van der Waals surface area contributed by atoms with E-state index in [0.29, 0.717) is 19.5 Å². The van der Waals surface area contributed by atoms with E-state index in [1.807, 2.05) is 4.90 Å². The summed E-state index contributed by atoms with van der Waals surface area (Å²) in [7, 11) is 0. The Kier molecular flexibility index (Phi) is 5.00. The smallest absolute Gasteiger partial charge is 0.227 e. The topological polar surface area (TPSA) is 40.6 Å². The Morgan fingerprint density at radius 3 is 2.47 bits per heavy atom. The van der Waals surface area contributed by atoms with E-state index in [4.69, 9.17) is 0 Å². The molecule has 4 heteroatoms. The van der Waals surface area contributed by atoms with Crippen LogP contribution in [-0.4, -0.2) is 47.8 Å². The van der Waals surface area contributed by atoms with Crippen molar-refractivity contribution in [3.63, 3.8) is 0 Å². The number of rotatable bonds is 3. The van der Waals surface area contributed by atoms with Crippen molar-refractivity contribution in [3.8, 4) is 0 Å². The van der Waals surface area contributed by atoms with Gasteiger partial charge in [-0.05, 0) is 12.8 Å². The zero-order chi connectivity index (χ0) is 13.7. The first-order valence-corrected chi connectivity index (χ1v) is 7.40. The van der Waals surface area contributed by atoms with Crippen molar-refractivity contribution >= 4 is 11.8 Å². The molecule has 0 aliphatic carbocycles. The molecule has 0 aromatic rings. The van der Waals surface area contributed by atoms with E-state index in [1.165, 1.54) is 19.3 Å². The van der Waals surface area contributed by atoms with Crippen molar-refractivity contribution in [1.82, 2.24) is 9.80 Å². The van der Waals surface area contributed by atoms with Crippen molar-refractivity contribution in [2.24, 2.45) is 5.92 Å². The lowest BCUT2D eigenvalue weighted by atomic mass is 10.0. The summed E-state index contributed by atoms with van der Waals surface area (Å²) < 4.78 is 0. The van der Waals surface area contributed by atoms with Crippen molar-refractivity contribution in [2.75, 3.05) is 26.2 Å². The predicted molar refractivity (Wildman–Crippen MR) is 74.5 cm³/mol. The Bertz CT molecular complexity index is 346. The first kappa shape index (κ1) is 14.1. The molecular weight excluding hydrogens is 240 g/mol. The van der Waals surface area contributed by atoms with Crippen molar-refractivity contribution < 1.29 is 9.59 Å². The summed E-state index contributed by atoms with van der Waals surface area (Å²) in [6, 6.07) is 0. The van der Waals surface area contributed by atoms with Crippen LogP contribution >= 0.6 is 0 Å². The van der Waals surface area contributed by atoms with E-state index in [0.717, 1.165) is 25.9 Å². The van der Waals surface area contributed by atoms with Gasteiger partial charge in [-0.2, -0.15) is 0 Å². The van der Waals surface area contributed by atoms with E-state index >= 15 is 0 Å². The van der Waals surface area contributed by atoms with Crippen LogP contribution in [0.3, 0.4) is 0 Å². The second-order valence-electron chi connectivity index (χ2n) is 5.58. The molecule has 4 nitrogen and oxygen atoms in total. The highest BCUT2D eigenvalue weighted by molar-refractivity contribution is 5.89. The van der Waals surface area contributed by atoms with Crippen LogP contribution in [0.5, 0.6) is 0 Å². The molecule has 0 saturated carbocycles. The average molecular weight is 264 g/mol. The maximum atomic E-state index is 12.5. The molecule has 19 heavy (non-hydrogen) atoms. The second-order valence-corrected chi connectivity index (χ2v) is 5.58. The normalized spacial score (nSPS) is 25.1. The van der Waals surface area contributed by atoms with Gasteiger partial charge in [0.25, 0.3) is 0 Å². The molecule has 2 aliphatic heterocycles. The summed E-state index contributed by atoms with van der Waals surface area (Å²) in [5.74, 6) is 0.138. The summed E-state index contributed by atoms with van der Waals surface area (Å²) in [5.41, 5.74) is 0. The molecule has 2 aliphatic rings. The van der Waals surface area contributed by atoms with Crippen molar-refractivity contribution in [2.45, 2.75) is 38.5 Å². The third kappa shape index (κ3) is 3.58. The number of amides is 2. The van der Waals surface area contributed by atoms with Gasteiger partial charge in [0.05, 0.1) is 5.92 Å². The van der Waals surface area contributed by atoms with Gasteiger partial charge in [0, 0.05) is 32.6 Å². The van der Waals surface area contributed by atoms with E-state index in [1.54, 1.807) is 11.0 Å². The van der Waals surface area contributed by atoms with Gasteiger partial charge >= 0.3 is 0 Å². The van der Waals surface area contributed by atoms with Crippen LogP contribution in [0.4, 0.5) is 0 Å². The fraction of sp³-hybridized carbons (Fsp3) is 0.733. The van der Waals surface area contributed by atoms with Gasteiger partial charge in [0.15, 0.2) is 0 Å². The molecule has 0 radical (unpaired) electrons. The SMILES string of the molecule is C=CCN1C[C@@H](C(=O)N2CCCCCCC2)CC1=O. The maximum Gasteiger partial charge on any atom is 0.227 e. The minimum atomic E-state index is -0.133. The van der Waals surface area contributed by atoms with E-state index in [2.05, 4.69) is 6.58 Å². The van der Waals surface area contributed by atoms with Crippen LogP contribution in [0.15, 0.2) is 12.7 Å². The van der Waals surface area contributed by atoms with Gasteiger partial charge in [-0.3, -0.25) is 9.59 Å². The van der Waals surface area contributed by atoms with Crippen LogP contribution in [0.1, 0.15) is 38.5 Å². The molecule has 2 heterocycles. The monoisotopic (exact) mass is 264 g/mol. The number of nitrogens with zero attached hydrogens (tertiary/aromatic N) is 2. The Morgan fingerprint density at radius 1 is 1.21 bits per heavy atom. The fourth-order valence-electron chi connectivity index (χ4n) is 3.00. The second kappa shape index (κ2) is 6.73. The summed E-state index contributed by atoms with van der Waals surface area (Å²) >= 11 is 0. The Hall–Kier alpha value is -1.32. The first-order chi connectivity index (χ1) is 9.22.